The van der Waals surface area contributed by atoms with Gasteiger partial charge in [0.15, 0.2) is 0 Å². The Morgan fingerprint density at radius 3 is 2.25 bits per heavy atom. The van der Waals surface area contributed by atoms with E-state index in [1.165, 1.54) is 0 Å². The molecule has 2 rings (SSSR count). The van der Waals surface area contributed by atoms with E-state index in [-0.39, 0.29) is 11.8 Å². The molecule has 0 bridgehead atoms. The van der Waals surface area contributed by atoms with Gasteiger partial charge in [0.2, 0.25) is 0 Å². The van der Waals surface area contributed by atoms with Crippen LogP contribution in [0.25, 0.3) is 0 Å². The van der Waals surface area contributed by atoms with Crippen molar-refractivity contribution in [2.45, 2.75) is 19.0 Å². The van der Waals surface area contributed by atoms with E-state index < -0.39 is 5.67 Å². The minimum Gasteiger partial charge on any atom is -0.316 e. The van der Waals surface area contributed by atoms with Gasteiger partial charge in [-0.1, -0.05) is 0 Å². The van der Waals surface area contributed by atoms with Crippen molar-refractivity contribution in [3.63, 3.8) is 0 Å². The van der Waals surface area contributed by atoms with Gasteiger partial charge >= 0.3 is 0 Å². The maximum absolute atomic E-state index is 14.2. The minimum atomic E-state index is -0.950. The quantitative estimate of drug-likeness (QED) is 0.635. The fourth-order valence-corrected chi connectivity index (χ4v) is 2.16. The topological polar surface area (TPSA) is 24.1 Å². The maximum atomic E-state index is 14.2. The predicted molar refractivity (Wildman–Crippen MR) is 46.8 cm³/mol. The number of alkyl halides is 1. The van der Waals surface area contributed by atoms with Gasteiger partial charge in [0.25, 0.3) is 0 Å². The Kier molecular flexibility index (Phi) is 2.09. The molecule has 70 valence electrons. The van der Waals surface area contributed by atoms with Gasteiger partial charge < -0.3 is 10.6 Å². The highest BCUT2D eigenvalue weighted by Gasteiger charge is 2.45. The molecular weight excluding hydrogens is 155 g/mol. The largest absolute Gasteiger partial charge is 0.316 e. The van der Waals surface area contributed by atoms with Crippen LogP contribution in [0.3, 0.4) is 0 Å². The smallest absolute Gasteiger partial charge is 0.117 e. The van der Waals surface area contributed by atoms with Gasteiger partial charge in [-0.25, -0.2) is 4.39 Å². The van der Waals surface area contributed by atoms with Gasteiger partial charge in [0.1, 0.15) is 5.67 Å². The highest BCUT2D eigenvalue weighted by Crippen LogP contribution is 2.36. The molecule has 2 atom stereocenters. The Hall–Kier alpha value is -0.150. The summed E-state index contributed by atoms with van der Waals surface area (Å²) in [5.74, 6) is 0.493. The Morgan fingerprint density at radius 1 is 1.17 bits per heavy atom. The Morgan fingerprint density at radius 2 is 1.83 bits per heavy atom. The lowest BCUT2D eigenvalue weighted by molar-refractivity contribution is 0.0150. The molecule has 2 aliphatic heterocycles. The van der Waals surface area contributed by atoms with Crippen LogP contribution < -0.4 is 10.6 Å². The lowest BCUT2D eigenvalue weighted by Crippen LogP contribution is -2.55. The van der Waals surface area contributed by atoms with Crippen molar-refractivity contribution in [1.29, 1.82) is 0 Å². The lowest BCUT2D eigenvalue weighted by atomic mass is 9.76. The zero-order chi connectivity index (χ0) is 8.60. The molecule has 2 aliphatic rings. The van der Waals surface area contributed by atoms with Crippen molar-refractivity contribution >= 4 is 0 Å². The van der Waals surface area contributed by atoms with Crippen molar-refractivity contribution in [2.24, 2.45) is 11.8 Å². The van der Waals surface area contributed by atoms with Crippen LogP contribution in [-0.2, 0) is 0 Å². The first-order valence-corrected chi connectivity index (χ1v) is 4.81. The molecule has 0 aromatic rings. The number of hydrogen-bond donors (Lipinski definition) is 2. The monoisotopic (exact) mass is 172 g/mol. The fourth-order valence-electron chi connectivity index (χ4n) is 2.16. The van der Waals surface area contributed by atoms with Crippen molar-refractivity contribution in [3.8, 4) is 0 Å². The van der Waals surface area contributed by atoms with E-state index in [1.807, 2.05) is 0 Å². The second-order valence-electron chi connectivity index (χ2n) is 4.20. The predicted octanol–water partition coefficient (Wildman–Crippen LogP) is 0.543. The summed E-state index contributed by atoms with van der Waals surface area (Å²) < 4.78 is 14.2. The Labute approximate surface area is 72.9 Å². The van der Waals surface area contributed by atoms with Crippen LogP contribution in [0.4, 0.5) is 4.39 Å². The van der Waals surface area contributed by atoms with E-state index in [4.69, 9.17) is 0 Å². The second-order valence-corrected chi connectivity index (χ2v) is 4.20. The van der Waals surface area contributed by atoms with Gasteiger partial charge in [-0.2, -0.15) is 0 Å². The molecule has 0 aliphatic carbocycles. The van der Waals surface area contributed by atoms with Gasteiger partial charge in [0.05, 0.1) is 0 Å². The molecule has 12 heavy (non-hydrogen) atoms. The number of hydrogen-bond acceptors (Lipinski definition) is 2. The molecule has 2 saturated heterocycles. The average Bonchev–Trinajstić information content (AvgIpc) is 2.30. The highest BCUT2D eigenvalue weighted by atomic mass is 19.1. The van der Waals surface area contributed by atoms with E-state index in [1.54, 1.807) is 6.92 Å². The van der Waals surface area contributed by atoms with E-state index in [2.05, 4.69) is 10.6 Å². The van der Waals surface area contributed by atoms with E-state index in [9.17, 15) is 4.39 Å². The van der Waals surface area contributed by atoms with Crippen LogP contribution >= 0.6 is 0 Å². The van der Waals surface area contributed by atoms with E-state index in [0.29, 0.717) is 0 Å². The van der Waals surface area contributed by atoms with Crippen molar-refractivity contribution in [3.05, 3.63) is 0 Å². The third kappa shape index (κ3) is 1.25. The molecule has 2 unspecified atom stereocenters. The van der Waals surface area contributed by atoms with Crippen molar-refractivity contribution in [1.82, 2.24) is 10.6 Å². The number of nitrogens with one attached hydrogen (secondary N) is 2. The Balaban J connectivity index is 1.97. The van der Waals surface area contributed by atoms with Gasteiger partial charge in [-0.3, -0.25) is 0 Å². The van der Waals surface area contributed by atoms with Crippen LogP contribution in [-0.4, -0.2) is 31.8 Å². The second kappa shape index (κ2) is 2.96. The maximum Gasteiger partial charge on any atom is 0.117 e. The third-order valence-corrected chi connectivity index (χ3v) is 3.44. The first-order chi connectivity index (χ1) is 5.71. The molecular formula is C9H17FN2. The molecule has 0 radical (unpaired) electrons. The summed E-state index contributed by atoms with van der Waals surface area (Å²) in [7, 11) is 0. The van der Waals surface area contributed by atoms with E-state index in [0.717, 1.165) is 32.6 Å². The van der Waals surface area contributed by atoms with Crippen molar-refractivity contribution in [2.75, 3.05) is 26.2 Å². The van der Waals surface area contributed by atoms with Crippen LogP contribution in [0.1, 0.15) is 13.3 Å². The van der Waals surface area contributed by atoms with Crippen LogP contribution in [0.2, 0.25) is 0 Å². The average molecular weight is 172 g/mol. The Bertz CT molecular complexity index is 160. The molecule has 2 N–H and O–H groups in total. The molecule has 0 spiro atoms. The molecule has 2 heterocycles. The standard InChI is InChI=1S/C9H17FN2/c1-9(10,8-5-12-6-8)7-2-3-11-4-7/h7-8,11-12H,2-6H2,1H3. The first-order valence-electron chi connectivity index (χ1n) is 4.81. The van der Waals surface area contributed by atoms with Crippen LogP contribution in [0, 0.1) is 11.8 Å². The minimum absolute atomic E-state index is 0.240. The molecule has 2 fully saturated rings. The molecule has 3 heteroatoms. The van der Waals surface area contributed by atoms with Crippen molar-refractivity contribution < 1.29 is 4.39 Å². The third-order valence-electron chi connectivity index (χ3n) is 3.44. The molecule has 0 aromatic carbocycles. The molecule has 0 amide bonds. The summed E-state index contributed by atoms with van der Waals surface area (Å²) >= 11 is 0. The normalized spacial score (nSPS) is 36.0. The molecule has 0 aromatic heterocycles. The van der Waals surface area contributed by atoms with Gasteiger partial charge in [0, 0.05) is 31.5 Å². The zero-order valence-electron chi connectivity index (χ0n) is 7.57. The first kappa shape index (κ1) is 8.45. The number of rotatable bonds is 2. The van der Waals surface area contributed by atoms with Crippen LogP contribution in [0.15, 0.2) is 0 Å². The van der Waals surface area contributed by atoms with Gasteiger partial charge in [-0.15, -0.1) is 0 Å². The zero-order valence-corrected chi connectivity index (χ0v) is 7.57. The SMILES string of the molecule is CC(F)(C1CCNC1)C1CNC1. The van der Waals surface area contributed by atoms with Gasteiger partial charge in [-0.05, 0) is 19.9 Å². The summed E-state index contributed by atoms with van der Waals surface area (Å²) in [4.78, 5) is 0. The van der Waals surface area contributed by atoms with E-state index >= 15 is 0 Å². The summed E-state index contributed by atoms with van der Waals surface area (Å²) in [6.07, 6.45) is 1.00. The van der Waals surface area contributed by atoms with Crippen LogP contribution in [0.5, 0.6) is 0 Å². The fraction of sp³-hybridized carbons (Fsp3) is 1.00. The number of halogens is 1. The molecule has 2 nitrogen and oxygen atoms in total. The molecule has 0 saturated carbocycles. The summed E-state index contributed by atoms with van der Waals surface area (Å²) in [5, 5.41) is 6.35. The highest BCUT2D eigenvalue weighted by molar-refractivity contribution is 4.98. The summed E-state index contributed by atoms with van der Waals surface area (Å²) in [5.41, 5.74) is -0.950. The summed E-state index contributed by atoms with van der Waals surface area (Å²) in [6.45, 7) is 5.36. The summed E-state index contributed by atoms with van der Waals surface area (Å²) in [6, 6.07) is 0. The lowest BCUT2D eigenvalue weighted by Gasteiger charge is -2.41.